The number of hydrogen-bond donors (Lipinski definition) is 3. The van der Waals surface area contributed by atoms with E-state index in [4.69, 9.17) is 4.74 Å². The highest BCUT2D eigenvalue weighted by atomic mass is 32.2. The second-order valence-electron chi connectivity index (χ2n) is 11.0. The van der Waals surface area contributed by atoms with Crippen molar-refractivity contribution >= 4 is 74.9 Å². The third kappa shape index (κ3) is 9.00. The molecular formula is C36H37N3O5S3. The zero-order chi connectivity index (χ0) is 33.2. The first kappa shape index (κ1) is 34.2. The summed E-state index contributed by atoms with van der Waals surface area (Å²) in [6, 6.07) is 17.8. The minimum Gasteiger partial charge on any atom is -0.465 e. The van der Waals surface area contributed by atoms with Crippen LogP contribution in [0.2, 0.25) is 0 Å². The standard InChI is InChI=1S/C36H37N3O5S3/c1-3-29(34(42)39-35-31(36(43)44-2)27-16-9-4-5-10-17-30(27)47-35)46-26-15-11-14-25(21-26)37-33(41)28(20-23-18-19-45-22-23)38-32(40)24-12-7-6-8-13-24/h6-8,11-15,18-22,29H,3-5,9-10,16-17H2,1-2H3,(H,37,41)(H,38,40)(H,39,42)/b28-20-. The molecule has 5 rings (SSSR count). The smallest absolute Gasteiger partial charge is 0.341 e. The Bertz CT molecular complexity index is 1750. The maximum Gasteiger partial charge on any atom is 0.341 e. The van der Waals surface area contributed by atoms with Crippen LogP contribution in [0.25, 0.3) is 6.08 Å². The number of carbonyl (C=O) groups excluding carboxylic acids is 4. The van der Waals surface area contributed by atoms with E-state index in [9.17, 15) is 19.2 Å². The molecule has 8 nitrogen and oxygen atoms in total. The fourth-order valence-corrected chi connectivity index (χ4v) is 8.23. The van der Waals surface area contributed by atoms with E-state index in [1.54, 1.807) is 42.5 Å². The van der Waals surface area contributed by atoms with Gasteiger partial charge in [-0.1, -0.05) is 44.0 Å². The van der Waals surface area contributed by atoms with Crippen LogP contribution in [-0.4, -0.2) is 36.1 Å². The molecule has 1 unspecified atom stereocenters. The molecule has 47 heavy (non-hydrogen) atoms. The number of anilines is 2. The molecule has 3 N–H and O–H groups in total. The highest BCUT2D eigenvalue weighted by molar-refractivity contribution is 8.00. The summed E-state index contributed by atoms with van der Waals surface area (Å²) >= 11 is 4.35. The maximum atomic E-state index is 13.6. The van der Waals surface area contributed by atoms with E-state index < -0.39 is 23.0 Å². The number of esters is 1. The van der Waals surface area contributed by atoms with Gasteiger partial charge in [0.25, 0.3) is 11.8 Å². The maximum absolute atomic E-state index is 13.6. The number of methoxy groups -OCH3 is 1. The summed E-state index contributed by atoms with van der Waals surface area (Å²) in [5.41, 5.74) is 3.35. The van der Waals surface area contributed by atoms with E-state index in [0.29, 0.717) is 28.2 Å². The zero-order valence-corrected chi connectivity index (χ0v) is 28.7. The number of amides is 3. The summed E-state index contributed by atoms with van der Waals surface area (Å²) in [4.78, 5) is 54.7. The molecule has 4 aromatic rings. The van der Waals surface area contributed by atoms with Gasteiger partial charge in [-0.15, -0.1) is 23.1 Å². The van der Waals surface area contributed by atoms with E-state index >= 15 is 0 Å². The Morgan fingerprint density at radius 2 is 1.74 bits per heavy atom. The van der Waals surface area contributed by atoms with Crippen LogP contribution in [0.5, 0.6) is 0 Å². The van der Waals surface area contributed by atoms with Crippen LogP contribution in [0, 0.1) is 0 Å². The van der Waals surface area contributed by atoms with Gasteiger partial charge in [0.05, 0.1) is 17.9 Å². The molecule has 0 spiro atoms. The van der Waals surface area contributed by atoms with Crippen LogP contribution in [-0.2, 0) is 27.2 Å². The van der Waals surface area contributed by atoms with Crippen LogP contribution >= 0.6 is 34.4 Å². The molecule has 2 heterocycles. The molecule has 0 saturated heterocycles. The average Bonchev–Trinajstić information content (AvgIpc) is 3.70. The fraction of sp³-hybridized carbons (Fsp3) is 0.278. The number of benzene rings is 2. The minimum atomic E-state index is -0.476. The van der Waals surface area contributed by atoms with E-state index in [-0.39, 0.29) is 11.6 Å². The fourth-order valence-electron chi connectivity index (χ4n) is 5.32. The second kappa shape index (κ2) is 16.6. The van der Waals surface area contributed by atoms with Gasteiger partial charge >= 0.3 is 5.97 Å². The number of ether oxygens (including phenoxy) is 1. The average molecular weight is 688 g/mol. The van der Waals surface area contributed by atoms with Crippen molar-refractivity contribution in [3.05, 3.63) is 104 Å². The summed E-state index contributed by atoms with van der Waals surface area (Å²) in [6.45, 7) is 1.94. The quantitative estimate of drug-likeness (QED) is 0.0833. The second-order valence-corrected chi connectivity index (χ2v) is 14.2. The van der Waals surface area contributed by atoms with Crippen molar-refractivity contribution < 1.29 is 23.9 Å². The van der Waals surface area contributed by atoms with E-state index in [2.05, 4.69) is 16.0 Å². The number of fused-ring (bicyclic) bond motifs is 1. The summed E-state index contributed by atoms with van der Waals surface area (Å²) in [7, 11) is 1.37. The lowest BCUT2D eigenvalue weighted by molar-refractivity contribution is -0.116. The molecule has 2 aromatic carbocycles. The van der Waals surface area contributed by atoms with Crippen LogP contribution in [0.15, 0.2) is 82.0 Å². The van der Waals surface area contributed by atoms with Crippen LogP contribution < -0.4 is 16.0 Å². The Labute approximate surface area is 287 Å². The van der Waals surface area contributed by atoms with Gasteiger partial charge in [0.1, 0.15) is 10.7 Å². The lowest BCUT2D eigenvalue weighted by Gasteiger charge is -2.16. The topological polar surface area (TPSA) is 114 Å². The summed E-state index contributed by atoms with van der Waals surface area (Å²) < 4.78 is 5.12. The van der Waals surface area contributed by atoms with Gasteiger partial charge < -0.3 is 20.7 Å². The molecule has 244 valence electrons. The normalized spacial score (nSPS) is 13.8. The largest absolute Gasteiger partial charge is 0.465 e. The van der Waals surface area contributed by atoms with Crippen molar-refractivity contribution in [3.8, 4) is 0 Å². The molecule has 0 radical (unpaired) electrons. The summed E-state index contributed by atoms with van der Waals surface area (Å²) in [5.74, 6) is -1.49. The molecule has 1 aliphatic carbocycles. The van der Waals surface area contributed by atoms with Gasteiger partial charge in [-0.2, -0.15) is 11.3 Å². The molecule has 0 bridgehead atoms. The highest BCUT2D eigenvalue weighted by Crippen LogP contribution is 2.38. The molecule has 0 fully saturated rings. The molecular weight excluding hydrogens is 651 g/mol. The number of carbonyl (C=O) groups is 4. The van der Waals surface area contributed by atoms with Crippen molar-refractivity contribution in [2.75, 3.05) is 17.7 Å². The zero-order valence-electron chi connectivity index (χ0n) is 26.3. The van der Waals surface area contributed by atoms with E-state index in [0.717, 1.165) is 59.4 Å². The first-order valence-electron chi connectivity index (χ1n) is 15.6. The Morgan fingerprint density at radius 1 is 0.957 bits per heavy atom. The Morgan fingerprint density at radius 3 is 2.47 bits per heavy atom. The van der Waals surface area contributed by atoms with Crippen molar-refractivity contribution in [3.63, 3.8) is 0 Å². The van der Waals surface area contributed by atoms with Gasteiger partial charge in [-0.3, -0.25) is 14.4 Å². The Kier molecular flexibility index (Phi) is 12.0. The van der Waals surface area contributed by atoms with Gasteiger partial charge in [-0.25, -0.2) is 4.79 Å². The molecule has 3 amide bonds. The number of aryl methyl sites for hydroxylation is 1. The lowest BCUT2D eigenvalue weighted by atomic mass is 9.96. The van der Waals surface area contributed by atoms with Crippen molar-refractivity contribution in [2.24, 2.45) is 0 Å². The number of thioether (sulfide) groups is 1. The monoisotopic (exact) mass is 687 g/mol. The Balaban J connectivity index is 1.30. The summed E-state index contributed by atoms with van der Waals surface area (Å²) in [6.07, 6.45) is 8.23. The predicted molar refractivity (Wildman–Crippen MR) is 191 cm³/mol. The van der Waals surface area contributed by atoms with Gasteiger partial charge in [-0.05, 0) is 96.5 Å². The molecule has 2 aromatic heterocycles. The third-order valence-corrected chi connectivity index (χ3v) is 11.0. The molecule has 1 aliphatic rings. The van der Waals surface area contributed by atoms with Crippen molar-refractivity contribution in [1.29, 1.82) is 0 Å². The van der Waals surface area contributed by atoms with Gasteiger partial charge in [0, 0.05) is 21.0 Å². The molecule has 0 aliphatic heterocycles. The van der Waals surface area contributed by atoms with Gasteiger partial charge in [0.15, 0.2) is 0 Å². The molecule has 1 atom stereocenters. The Hall–Kier alpha value is -4.19. The van der Waals surface area contributed by atoms with Crippen LogP contribution in [0.3, 0.4) is 0 Å². The molecule has 0 saturated carbocycles. The third-order valence-electron chi connectivity index (χ3n) is 7.71. The first-order chi connectivity index (χ1) is 22.9. The van der Waals surface area contributed by atoms with Crippen LogP contribution in [0.4, 0.5) is 10.7 Å². The lowest BCUT2D eigenvalue weighted by Crippen LogP contribution is -2.30. The van der Waals surface area contributed by atoms with Crippen molar-refractivity contribution in [1.82, 2.24) is 5.32 Å². The minimum absolute atomic E-state index is 0.104. The van der Waals surface area contributed by atoms with E-state index in [1.165, 1.54) is 41.5 Å². The van der Waals surface area contributed by atoms with Crippen molar-refractivity contribution in [2.45, 2.75) is 62.0 Å². The summed E-state index contributed by atoms with van der Waals surface area (Å²) in [5, 5.41) is 12.6. The highest BCUT2D eigenvalue weighted by Gasteiger charge is 2.28. The number of rotatable bonds is 11. The SMILES string of the molecule is CCC(Sc1cccc(NC(=O)/C(=C/c2ccsc2)NC(=O)c2ccccc2)c1)C(=O)Nc1sc2c(c1C(=O)OC)CCCCCC2. The van der Waals surface area contributed by atoms with Gasteiger partial charge in [0.2, 0.25) is 5.91 Å². The van der Waals surface area contributed by atoms with E-state index in [1.807, 2.05) is 41.9 Å². The number of nitrogens with one attached hydrogen (secondary N) is 3. The number of thiophene rings is 2. The van der Waals surface area contributed by atoms with Crippen LogP contribution in [0.1, 0.15) is 75.7 Å². The molecule has 11 heteroatoms. The predicted octanol–water partition coefficient (Wildman–Crippen LogP) is 8.17. The first-order valence-corrected chi connectivity index (χ1v) is 18.2. The number of hydrogen-bond acceptors (Lipinski definition) is 8.